The minimum Gasteiger partial charge on any atom is -0.494 e. The number of carbonyl (C=O) groups is 1. The molecule has 1 amide bonds. The molecule has 5 rings (SSSR count). The average molecular weight is 448 g/mol. The molecule has 2 aromatic heterocycles. The quantitative estimate of drug-likeness (QED) is 0.467. The van der Waals surface area contributed by atoms with Crippen LogP contribution in [0.4, 0.5) is 4.39 Å². The summed E-state index contributed by atoms with van der Waals surface area (Å²) in [7, 11) is 2.97. The van der Waals surface area contributed by atoms with Gasteiger partial charge in [0.1, 0.15) is 6.61 Å². The van der Waals surface area contributed by atoms with Crippen LogP contribution in [0.5, 0.6) is 5.75 Å². The van der Waals surface area contributed by atoms with E-state index in [2.05, 4.69) is 22.4 Å². The number of methoxy groups -OCH3 is 2. The Morgan fingerprint density at radius 3 is 2.88 bits per heavy atom. The molecule has 2 N–H and O–H groups in total. The van der Waals surface area contributed by atoms with Gasteiger partial charge in [-0.1, -0.05) is 24.3 Å². The van der Waals surface area contributed by atoms with E-state index in [0.29, 0.717) is 12.8 Å². The van der Waals surface area contributed by atoms with Crippen molar-refractivity contribution in [2.45, 2.75) is 31.7 Å². The Morgan fingerprint density at radius 2 is 2.09 bits per heavy atom. The minimum atomic E-state index is -0.387. The molecule has 1 aliphatic rings. The third-order valence-corrected chi connectivity index (χ3v) is 6.33. The van der Waals surface area contributed by atoms with E-state index in [1.54, 1.807) is 6.07 Å². The number of nitrogens with one attached hydrogen (secondary N) is 2. The number of hydrogen-bond acceptors (Lipinski definition) is 4. The number of halogens is 1. The second-order valence-electron chi connectivity index (χ2n) is 8.49. The maximum absolute atomic E-state index is 14.3. The molecule has 0 saturated carbocycles. The summed E-state index contributed by atoms with van der Waals surface area (Å²) in [6.07, 6.45) is 2.82. The number of amides is 1. The van der Waals surface area contributed by atoms with Crippen molar-refractivity contribution in [3.63, 3.8) is 0 Å². The normalized spacial score (nSPS) is 15.5. The lowest BCUT2D eigenvalue weighted by Crippen LogP contribution is -2.40. The number of carbonyl (C=O) groups excluding carboxylic acids is 1. The fourth-order valence-corrected chi connectivity index (χ4v) is 4.86. The summed E-state index contributed by atoms with van der Waals surface area (Å²) in [4.78, 5) is 20.6. The molecule has 1 unspecified atom stereocenters. The van der Waals surface area contributed by atoms with Crippen molar-refractivity contribution in [2.24, 2.45) is 0 Å². The highest BCUT2D eigenvalue weighted by Gasteiger charge is 2.26. The predicted octanol–water partition coefficient (Wildman–Crippen LogP) is 4.07. The number of hydrogen-bond donors (Lipinski definition) is 2. The lowest BCUT2D eigenvalue weighted by Gasteiger charge is -2.26. The molecule has 4 aromatic rings. The van der Waals surface area contributed by atoms with Gasteiger partial charge in [-0.2, -0.15) is 0 Å². The van der Waals surface area contributed by atoms with Crippen LogP contribution in [0.3, 0.4) is 0 Å². The largest absolute Gasteiger partial charge is 0.494 e. The molecule has 0 radical (unpaired) electrons. The van der Waals surface area contributed by atoms with Crippen LogP contribution in [0.25, 0.3) is 21.8 Å². The van der Waals surface area contributed by atoms with Crippen molar-refractivity contribution in [1.29, 1.82) is 0 Å². The summed E-state index contributed by atoms with van der Waals surface area (Å²) in [5.41, 5.74) is 5.96. The number of H-pyrrole nitrogens is 1. The molecule has 1 aliphatic carbocycles. The summed E-state index contributed by atoms with van der Waals surface area (Å²) in [6.45, 7) is 0.0482. The third-order valence-electron chi connectivity index (χ3n) is 6.33. The van der Waals surface area contributed by atoms with Crippen LogP contribution in [-0.2, 0) is 28.8 Å². The number of ether oxygens (including phenoxy) is 2. The SMILES string of the molecule is COCC(=O)NC1CCc2c(nc(Cc3ccc(OC)c(F)c3)c3[nH]c4ccccc4c23)C1. The number of benzene rings is 2. The molecule has 2 heterocycles. The van der Waals surface area contributed by atoms with Crippen LogP contribution >= 0.6 is 0 Å². The first kappa shape index (κ1) is 21.4. The number of para-hydroxylation sites is 1. The Morgan fingerprint density at radius 1 is 1.24 bits per heavy atom. The second kappa shape index (κ2) is 8.83. The van der Waals surface area contributed by atoms with Crippen LogP contribution in [0.1, 0.15) is 28.9 Å². The maximum atomic E-state index is 14.3. The van der Waals surface area contributed by atoms with Gasteiger partial charge in [0, 0.05) is 48.0 Å². The molecule has 1 atom stereocenters. The van der Waals surface area contributed by atoms with E-state index < -0.39 is 0 Å². The standard InChI is InChI=1S/C26H26FN3O3/c1-32-14-24(31)28-16-8-9-18-21(13-16)29-22(12-15-7-10-23(33-2)19(27)11-15)26-25(18)17-5-3-4-6-20(17)30-26/h3-7,10-11,16,30H,8-9,12-14H2,1-2H3,(H,28,31). The van der Waals surface area contributed by atoms with Crippen LogP contribution in [0.2, 0.25) is 0 Å². The van der Waals surface area contributed by atoms with E-state index in [1.165, 1.54) is 31.2 Å². The molecule has 0 aliphatic heterocycles. The van der Waals surface area contributed by atoms with Gasteiger partial charge in [-0.3, -0.25) is 9.78 Å². The number of rotatable bonds is 6. The number of fused-ring (bicyclic) bond motifs is 5. The number of pyridine rings is 1. The van der Waals surface area contributed by atoms with E-state index in [9.17, 15) is 9.18 Å². The highest BCUT2D eigenvalue weighted by atomic mass is 19.1. The van der Waals surface area contributed by atoms with Crippen molar-refractivity contribution in [3.05, 3.63) is 70.8 Å². The van der Waals surface area contributed by atoms with Crippen molar-refractivity contribution in [1.82, 2.24) is 15.3 Å². The highest BCUT2D eigenvalue weighted by Crippen LogP contribution is 2.36. The first-order valence-electron chi connectivity index (χ1n) is 11.1. The number of aromatic nitrogens is 2. The fourth-order valence-electron chi connectivity index (χ4n) is 4.86. The van der Waals surface area contributed by atoms with Crippen LogP contribution in [0, 0.1) is 5.82 Å². The molecule has 7 heteroatoms. The van der Waals surface area contributed by atoms with Crippen LogP contribution in [-0.4, -0.2) is 42.7 Å². The van der Waals surface area contributed by atoms with Crippen molar-refractivity contribution >= 4 is 27.7 Å². The molecule has 0 fully saturated rings. The van der Waals surface area contributed by atoms with E-state index in [4.69, 9.17) is 14.5 Å². The van der Waals surface area contributed by atoms with Gasteiger partial charge in [0.05, 0.1) is 18.3 Å². The average Bonchev–Trinajstić information content (AvgIpc) is 3.19. The Kier molecular flexibility index (Phi) is 5.72. The molecule has 6 nitrogen and oxygen atoms in total. The van der Waals surface area contributed by atoms with E-state index in [0.717, 1.165) is 46.2 Å². The maximum Gasteiger partial charge on any atom is 0.246 e. The molecule has 2 aromatic carbocycles. The zero-order valence-corrected chi connectivity index (χ0v) is 18.7. The highest BCUT2D eigenvalue weighted by molar-refractivity contribution is 6.10. The fraction of sp³-hybridized carbons (Fsp3) is 0.308. The van der Waals surface area contributed by atoms with E-state index >= 15 is 0 Å². The first-order chi connectivity index (χ1) is 16.1. The molecule has 33 heavy (non-hydrogen) atoms. The Labute approximate surface area is 191 Å². The van der Waals surface area contributed by atoms with E-state index in [-0.39, 0.29) is 30.1 Å². The summed E-state index contributed by atoms with van der Waals surface area (Å²) >= 11 is 0. The van der Waals surface area contributed by atoms with Crippen molar-refractivity contribution < 1.29 is 18.7 Å². The first-order valence-corrected chi connectivity index (χ1v) is 11.1. The van der Waals surface area contributed by atoms with Crippen molar-refractivity contribution in [3.8, 4) is 5.75 Å². The second-order valence-corrected chi connectivity index (χ2v) is 8.49. The minimum absolute atomic E-state index is 0.0154. The summed E-state index contributed by atoms with van der Waals surface area (Å²) in [5, 5.41) is 5.40. The van der Waals surface area contributed by atoms with Gasteiger partial charge in [0.25, 0.3) is 0 Å². The predicted molar refractivity (Wildman–Crippen MR) is 125 cm³/mol. The lowest BCUT2D eigenvalue weighted by atomic mass is 9.88. The van der Waals surface area contributed by atoms with Crippen LogP contribution < -0.4 is 10.1 Å². The summed E-state index contributed by atoms with van der Waals surface area (Å²) in [5.74, 6) is -0.280. The number of nitrogens with zero attached hydrogens (tertiary/aromatic N) is 1. The Bertz CT molecular complexity index is 1350. The molecule has 0 spiro atoms. The van der Waals surface area contributed by atoms with Gasteiger partial charge < -0.3 is 19.8 Å². The smallest absolute Gasteiger partial charge is 0.246 e. The van der Waals surface area contributed by atoms with Gasteiger partial charge in [-0.15, -0.1) is 0 Å². The van der Waals surface area contributed by atoms with E-state index in [1.807, 2.05) is 18.2 Å². The molecule has 170 valence electrons. The molecular formula is C26H26FN3O3. The topological polar surface area (TPSA) is 76.2 Å². The van der Waals surface area contributed by atoms with Gasteiger partial charge in [-0.25, -0.2) is 4.39 Å². The number of aromatic amines is 1. The van der Waals surface area contributed by atoms with Gasteiger partial charge in [0.2, 0.25) is 5.91 Å². The Balaban J connectivity index is 1.59. The lowest BCUT2D eigenvalue weighted by molar-refractivity contribution is -0.125. The molecule has 0 saturated heterocycles. The van der Waals surface area contributed by atoms with Gasteiger partial charge in [0.15, 0.2) is 11.6 Å². The Hall–Kier alpha value is -3.45. The third kappa shape index (κ3) is 4.04. The van der Waals surface area contributed by atoms with Crippen LogP contribution in [0.15, 0.2) is 42.5 Å². The zero-order valence-electron chi connectivity index (χ0n) is 18.7. The summed E-state index contributed by atoms with van der Waals surface area (Å²) in [6, 6.07) is 13.3. The molecule has 0 bridgehead atoms. The molecular weight excluding hydrogens is 421 g/mol. The monoisotopic (exact) mass is 447 g/mol. The van der Waals surface area contributed by atoms with Gasteiger partial charge in [-0.05, 0) is 42.2 Å². The zero-order chi connectivity index (χ0) is 22.9. The van der Waals surface area contributed by atoms with Gasteiger partial charge >= 0.3 is 0 Å². The van der Waals surface area contributed by atoms with Crippen molar-refractivity contribution in [2.75, 3.05) is 20.8 Å². The number of aryl methyl sites for hydroxylation is 1. The summed E-state index contributed by atoms with van der Waals surface area (Å²) < 4.78 is 24.3.